The standard InChI is InChI=1S/C21H24O5.H3OP/c1-4-5-14-26-21(23)18(15-10-7-6-8-11-15)20(22)19-16(24-2)12-9-13-17(19)25-3;1-2/h6-13,18H,4-5,14H2,1-3H3;2H3. The minimum atomic E-state index is -1.07. The Hall–Kier alpha value is -2.59. The number of carbonyl (C=O) groups is 2. The summed E-state index contributed by atoms with van der Waals surface area (Å²) in [6, 6.07) is 13.9. The number of rotatable bonds is 9. The quantitative estimate of drug-likeness (QED) is 0.206. The number of ether oxygens (including phenoxy) is 3. The molecule has 152 valence electrons. The van der Waals surface area contributed by atoms with E-state index in [4.69, 9.17) is 18.8 Å². The van der Waals surface area contributed by atoms with Gasteiger partial charge in [-0.3, -0.25) is 9.59 Å². The van der Waals surface area contributed by atoms with Gasteiger partial charge in [0.05, 0.1) is 29.9 Å². The summed E-state index contributed by atoms with van der Waals surface area (Å²) in [5.74, 6) is -1.33. The van der Waals surface area contributed by atoms with Gasteiger partial charge in [-0.2, -0.15) is 0 Å². The van der Waals surface area contributed by atoms with Crippen LogP contribution in [-0.4, -0.2) is 32.6 Å². The molecule has 6 nitrogen and oxygen atoms in total. The molecule has 7 heteroatoms. The summed E-state index contributed by atoms with van der Waals surface area (Å²) in [7, 11) is 3.56. The monoisotopic (exact) mass is 406 g/mol. The molecule has 0 radical (unpaired) electrons. The molecule has 0 heterocycles. The molecule has 0 aromatic heterocycles. The van der Waals surface area contributed by atoms with E-state index in [9.17, 15) is 9.59 Å². The first-order valence-corrected chi connectivity index (χ1v) is 9.47. The van der Waals surface area contributed by atoms with E-state index in [-0.39, 0.29) is 12.2 Å². The highest BCUT2D eigenvalue weighted by atomic mass is 31.0. The Morgan fingerprint density at radius 3 is 2.00 bits per heavy atom. The van der Waals surface area contributed by atoms with Gasteiger partial charge in [-0.25, -0.2) is 0 Å². The van der Waals surface area contributed by atoms with Crippen molar-refractivity contribution in [1.29, 1.82) is 0 Å². The van der Waals surface area contributed by atoms with Gasteiger partial charge in [0.15, 0.2) is 5.78 Å². The van der Waals surface area contributed by atoms with Gasteiger partial charge in [0, 0.05) is 0 Å². The van der Waals surface area contributed by atoms with Crippen LogP contribution in [0, 0.1) is 0 Å². The molecule has 0 aliphatic heterocycles. The largest absolute Gasteiger partial charge is 0.496 e. The predicted octanol–water partition coefficient (Wildman–Crippen LogP) is 3.95. The summed E-state index contributed by atoms with van der Waals surface area (Å²) in [6.45, 7) is 2.29. The number of hydrogen-bond donors (Lipinski definition) is 0. The first-order valence-electron chi connectivity index (χ1n) is 8.89. The zero-order valence-electron chi connectivity index (χ0n) is 16.5. The normalized spacial score (nSPS) is 11.0. The lowest BCUT2D eigenvalue weighted by Crippen LogP contribution is -2.25. The highest BCUT2D eigenvalue weighted by molar-refractivity contribution is 7.00. The summed E-state index contributed by atoms with van der Waals surface area (Å²) < 4.78 is 24.3. The smallest absolute Gasteiger partial charge is 0.321 e. The Balaban J connectivity index is 0.00000190. The molecule has 2 unspecified atom stereocenters. The van der Waals surface area contributed by atoms with Crippen molar-refractivity contribution in [2.75, 3.05) is 20.8 Å². The zero-order chi connectivity index (χ0) is 20.9. The van der Waals surface area contributed by atoms with Crippen LogP contribution in [0.15, 0.2) is 48.5 Å². The Bertz CT molecular complexity index is 740. The summed E-state index contributed by atoms with van der Waals surface area (Å²) in [4.78, 5) is 26.0. The number of Topliss-reactive ketones (excluding diaryl/α,β-unsaturated/α-hetero) is 1. The molecule has 2 aromatic rings. The average molecular weight is 406 g/mol. The first-order chi connectivity index (χ1) is 13.6. The van der Waals surface area contributed by atoms with Crippen molar-refractivity contribution in [2.45, 2.75) is 25.7 Å². The van der Waals surface area contributed by atoms with Crippen LogP contribution in [0.1, 0.15) is 41.6 Å². The number of hydrogen-bond acceptors (Lipinski definition) is 6. The molecule has 0 bridgehead atoms. The minimum absolute atomic E-state index is 0.235. The van der Waals surface area contributed by atoms with E-state index in [0.717, 1.165) is 12.8 Å². The summed E-state index contributed by atoms with van der Waals surface area (Å²) >= 11 is 0. The molecule has 0 fully saturated rings. The van der Waals surface area contributed by atoms with E-state index in [0.29, 0.717) is 26.2 Å². The molecule has 2 atom stereocenters. The highest BCUT2D eigenvalue weighted by Gasteiger charge is 2.34. The van der Waals surface area contributed by atoms with E-state index >= 15 is 0 Å². The van der Waals surface area contributed by atoms with Crippen LogP contribution in [0.5, 0.6) is 11.5 Å². The fraction of sp³-hybridized carbons (Fsp3) is 0.333. The van der Waals surface area contributed by atoms with Crippen LogP contribution in [0.25, 0.3) is 0 Å². The third kappa shape index (κ3) is 5.96. The van der Waals surface area contributed by atoms with Gasteiger partial charge in [-0.1, -0.05) is 49.7 Å². The molecule has 0 spiro atoms. The lowest BCUT2D eigenvalue weighted by Gasteiger charge is -2.18. The summed E-state index contributed by atoms with van der Waals surface area (Å²) in [6.07, 6.45) is 1.65. The fourth-order valence-corrected chi connectivity index (χ4v) is 2.68. The van der Waals surface area contributed by atoms with Gasteiger partial charge in [-0.15, -0.1) is 0 Å². The Morgan fingerprint density at radius 2 is 1.50 bits per heavy atom. The summed E-state index contributed by atoms with van der Waals surface area (Å²) in [5, 5.41) is 0. The van der Waals surface area contributed by atoms with Crippen LogP contribution in [0.4, 0.5) is 0 Å². The second kappa shape index (κ2) is 12.7. The number of ketones is 1. The van der Waals surface area contributed by atoms with Crippen LogP contribution in [0.3, 0.4) is 0 Å². The first kappa shape index (κ1) is 23.4. The van der Waals surface area contributed by atoms with Crippen molar-refractivity contribution in [2.24, 2.45) is 0 Å². The molecule has 0 aliphatic rings. The van der Waals surface area contributed by atoms with E-state index in [1.165, 1.54) is 14.2 Å². The third-order valence-electron chi connectivity index (χ3n) is 4.05. The van der Waals surface area contributed by atoms with Crippen LogP contribution in [0.2, 0.25) is 0 Å². The maximum absolute atomic E-state index is 13.3. The second-order valence-corrected chi connectivity index (χ2v) is 5.77. The molecule has 0 aliphatic carbocycles. The zero-order valence-corrected chi connectivity index (χ0v) is 17.9. The SMILES string of the molecule is CCCCOC(=O)C(C(=O)c1c(OC)cccc1OC)c1ccccc1.O=[PH3]. The van der Waals surface area contributed by atoms with Crippen molar-refractivity contribution >= 4 is 20.9 Å². The Labute approximate surface area is 167 Å². The topological polar surface area (TPSA) is 78.9 Å². The van der Waals surface area contributed by atoms with Crippen molar-refractivity contribution < 1.29 is 28.4 Å². The van der Waals surface area contributed by atoms with Crippen LogP contribution in [-0.2, 0) is 14.1 Å². The predicted molar refractivity (Wildman–Crippen MR) is 111 cm³/mol. The average Bonchev–Trinajstić information content (AvgIpc) is 2.75. The molecule has 2 aromatic carbocycles. The summed E-state index contributed by atoms with van der Waals surface area (Å²) in [5.41, 5.74) is 0.811. The van der Waals surface area contributed by atoms with Crippen LogP contribution < -0.4 is 9.47 Å². The molecule has 0 saturated carbocycles. The van der Waals surface area contributed by atoms with Crippen molar-refractivity contribution in [3.05, 3.63) is 59.7 Å². The molecular weight excluding hydrogens is 379 g/mol. The lowest BCUT2D eigenvalue weighted by atomic mass is 9.89. The molecule has 2 rings (SSSR count). The van der Waals surface area contributed by atoms with Crippen molar-refractivity contribution in [3.63, 3.8) is 0 Å². The minimum Gasteiger partial charge on any atom is -0.496 e. The molecule has 0 N–H and O–H groups in total. The van der Waals surface area contributed by atoms with Crippen molar-refractivity contribution in [1.82, 2.24) is 0 Å². The van der Waals surface area contributed by atoms with Gasteiger partial charge in [0.1, 0.15) is 23.0 Å². The highest BCUT2D eigenvalue weighted by Crippen LogP contribution is 2.34. The van der Waals surface area contributed by atoms with Gasteiger partial charge in [-0.05, 0) is 24.1 Å². The van der Waals surface area contributed by atoms with E-state index in [1.807, 2.05) is 13.0 Å². The van der Waals surface area contributed by atoms with Gasteiger partial charge >= 0.3 is 5.97 Å². The van der Waals surface area contributed by atoms with E-state index in [2.05, 4.69) is 0 Å². The van der Waals surface area contributed by atoms with Crippen LogP contribution >= 0.6 is 9.12 Å². The molecule has 28 heavy (non-hydrogen) atoms. The molecule has 0 saturated heterocycles. The number of esters is 1. The lowest BCUT2D eigenvalue weighted by molar-refractivity contribution is -0.144. The van der Waals surface area contributed by atoms with E-state index < -0.39 is 17.7 Å². The Morgan fingerprint density at radius 1 is 0.929 bits per heavy atom. The maximum atomic E-state index is 13.3. The fourth-order valence-electron chi connectivity index (χ4n) is 2.68. The van der Waals surface area contributed by atoms with Crippen molar-refractivity contribution in [3.8, 4) is 11.5 Å². The molecular formula is C21H27O6P. The number of methoxy groups -OCH3 is 2. The second-order valence-electron chi connectivity index (χ2n) is 5.77. The third-order valence-corrected chi connectivity index (χ3v) is 4.05. The number of unbranched alkanes of at least 4 members (excludes halogenated alkanes) is 1. The van der Waals surface area contributed by atoms with Gasteiger partial charge in [0.25, 0.3) is 0 Å². The number of carbonyl (C=O) groups excluding carboxylic acids is 2. The van der Waals surface area contributed by atoms with Gasteiger partial charge in [0.2, 0.25) is 0 Å². The Kier molecular flexibility index (Phi) is 10.7. The maximum Gasteiger partial charge on any atom is 0.321 e. The number of benzene rings is 2. The molecule has 0 amide bonds. The van der Waals surface area contributed by atoms with E-state index in [1.54, 1.807) is 42.5 Å². The van der Waals surface area contributed by atoms with Gasteiger partial charge < -0.3 is 18.8 Å².